The van der Waals surface area contributed by atoms with Crippen molar-refractivity contribution in [1.82, 2.24) is 9.97 Å². The summed E-state index contributed by atoms with van der Waals surface area (Å²) >= 11 is 0. The van der Waals surface area contributed by atoms with Crippen molar-refractivity contribution in [3.63, 3.8) is 0 Å². The molecule has 0 aliphatic carbocycles. The van der Waals surface area contributed by atoms with E-state index in [1.54, 1.807) is 12.4 Å². The van der Waals surface area contributed by atoms with Gasteiger partial charge in [0.05, 0.1) is 12.7 Å². The van der Waals surface area contributed by atoms with Crippen LogP contribution in [0.1, 0.15) is 31.9 Å². The molecule has 0 fully saturated rings. The second kappa shape index (κ2) is 6.29. The first-order valence-electron chi connectivity index (χ1n) is 6.48. The number of nitrogens with zero attached hydrogens (tertiary/aromatic N) is 2. The molecule has 0 radical (unpaired) electrons. The molecule has 100 valence electrons. The molecule has 2 rings (SSSR count). The molecule has 4 nitrogen and oxygen atoms in total. The minimum absolute atomic E-state index is 0.375. The Bertz CT molecular complexity index is 526. The predicted molar refractivity (Wildman–Crippen MR) is 73.9 cm³/mol. The highest BCUT2D eigenvalue weighted by atomic mass is 16.5. The largest absolute Gasteiger partial charge is 0.464 e. The smallest absolute Gasteiger partial charge is 0.316 e. The third kappa shape index (κ3) is 3.09. The van der Waals surface area contributed by atoms with Gasteiger partial charge < -0.3 is 9.84 Å². The second-order valence-corrected chi connectivity index (χ2v) is 4.20. The van der Waals surface area contributed by atoms with Gasteiger partial charge in [-0.1, -0.05) is 31.2 Å². The molecule has 2 aromatic rings. The molecule has 1 heterocycles. The maximum absolute atomic E-state index is 10.0. The average Bonchev–Trinajstić information content (AvgIpc) is 2.47. The summed E-state index contributed by atoms with van der Waals surface area (Å²) in [6.45, 7) is 4.39. The highest BCUT2D eigenvalue weighted by Gasteiger charge is 2.12. The molecule has 0 saturated carbocycles. The first-order valence-corrected chi connectivity index (χ1v) is 6.48. The van der Waals surface area contributed by atoms with Crippen molar-refractivity contribution in [3.8, 4) is 17.1 Å². The molecule has 1 atom stereocenters. The molecule has 1 aromatic heterocycles. The van der Waals surface area contributed by atoms with Crippen molar-refractivity contribution in [2.75, 3.05) is 6.61 Å². The topological polar surface area (TPSA) is 55.2 Å². The molecule has 0 bridgehead atoms. The molecule has 0 aliphatic heterocycles. The van der Waals surface area contributed by atoms with Gasteiger partial charge in [0.1, 0.15) is 0 Å². The Hall–Kier alpha value is -1.94. The van der Waals surface area contributed by atoms with Crippen LogP contribution in [-0.4, -0.2) is 21.7 Å². The fraction of sp³-hybridized carbons (Fsp3) is 0.333. The molecular formula is C15H18N2O2. The monoisotopic (exact) mass is 258 g/mol. The third-order valence-electron chi connectivity index (χ3n) is 2.92. The van der Waals surface area contributed by atoms with Gasteiger partial charge in [0.2, 0.25) is 0 Å². The molecule has 19 heavy (non-hydrogen) atoms. The van der Waals surface area contributed by atoms with Gasteiger partial charge in [-0.25, -0.2) is 9.97 Å². The standard InChI is InChI=1S/C15H18N2O2/c1-3-14(18)13-8-6-5-7-12(13)11-9-16-15(17-10-11)19-4-2/h5-10,14,18H,3-4H2,1-2H3. The lowest BCUT2D eigenvalue weighted by Crippen LogP contribution is -2.00. The Morgan fingerprint density at radius 3 is 2.47 bits per heavy atom. The van der Waals surface area contributed by atoms with Crippen molar-refractivity contribution in [3.05, 3.63) is 42.2 Å². The number of aromatic nitrogens is 2. The fourth-order valence-electron chi connectivity index (χ4n) is 1.93. The normalized spacial score (nSPS) is 12.2. The number of hydrogen-bond acceptors (Lipinski definition) is 4. The van der Waals surface area contributed by atoms with E-state index in [1.807, 2.05) is 38.1 Å². The average molecular weight is 258 g/mol. The van der Waals surface area contributed by atoms with Crippen LogP contribution in [0.4, 0.5) is 0 Å². The Morgan fingerprint density at radius 1 is 1.16 bits per heavy atom. The maximum Gasteiger partial charge on any atom is 0.316 e. The minimum Gasteiger partial charge on any atom is -0.464 e. The molecule has 0 aliphatic rings. The summed E-state index contributed by atoms with van der Waals surface area (Å²) in [5.74, 6) is 0. The first-order chi connectivity index (χ1) is 9.26. The SMILES string of the molecule is CCOc1ncc(-c2ccccc2C(O)CC)cn1. The number of aliphatic hydroxyl groups excluding tert-OH is 1. The van der Waals surface area contributed by atoms with E-state index in [0.29, 0.717) is 19.0 Å². The van der Waals surface area contributed by atoms with Crippen molar-refractivity contribution in [2.45, 2.75) is 26.4 Å². The Balaban J connectivity index is 2.35. The van der Waals surface area contributed by atoms with E-state index in [0.717, 1.165) is 16.7 Å². The Kier molecular flexibility index (Phi) is 4.47. The summed E-state index contributed by atoms with van der Waals surface area (Å²) in [4.78, 5) is 8.31. The van der Waals surface area contributed by atoms with Crippen LogP contribution in [0.2, 0.25) is 0 Å². The van der Waals surface area contributed by atoms with E-state index in [1.165, 1.54) is 0 Å². The summed E-state index contributed by atoms with van der Waals surface area (Å²) in [5.41, 5.74) is 2.74. The van der Waals surface area contributed by atoms with Gasteiger partial charge in [-0.15, -0.1) is 0 Å². The fourth-order valence-corrected chi connectivity index (χ4v) is 1.93. The van der Waals surface area contributed by atoms with Crippen molar-refractivity contribution >= 4 is 0 Å². The van der Waals surface area contributed by atoms with E-state index in [9.17, 15) is 5.11 Å². The summed E-state index contributed by atoms with van der Waals surface area (Å²) < 4.78 is 5.22. The lowest BCUT2D eigenvalue weighted by Gasteiger charge is -2.13. The molecule has 1 unspecified atom stereocenters. The van der Waals surface area contributed by atoms with Gasteiger partial charge in [-0.2, -0.15) is 0 Å². The van der Waals surface area contributed by atoms with E-state index in [2.05, 4.69) is 9.97 Å². The van der Waals surface area contributed by atoms with E-state index < -0.39 is 6.10 Å². The van der Waals surface area contributed by atoms with Crippen LogP contribution >= 0.6 is 0 Å². The number of ether oxygens (including phenoxy) is 1. The highest BCUT2D eigenvalue weighted by molar-refractivity contribution is 5.66. The van der Waals surface area contributed by atoms with Crippen LogP contribution in [0, 0.1) is 0 Å². The number of benzene rings is 1. The zero-order valence-electron chi connectivity index (χ0n) is 11.2. The first kappa shape index (κ1) is 13.5. The van der Waals surface area contributed by atoms with Crippen LogP contribution < -0.4 is 4.74 Å². The van der Waals surface area contributed by atoms with Gasteiger partial charge in [-0.3, -0.25) is 0 Å². The van der Waals surface area contributed by atoms with Crippen molar-refractivity contribution in [2.24, 2.45) is 0 Å². The Morgan fingerprint density at radius 2 is 1.84 bits per heavy atom. The van der Waals surface area contributed by atoms with Crippen LogP contribution in [0.3, 0.4) is 0 Å². The molecule has 0 spiro atoms. The summed E-state index contributed by atoms with van der Waals surface area (Å²) in [6, 6.07) is 8.14. The highest BCUT2D eigenvalue weighted by Crippen LogP contribution is 2.29. The van der Waals surface area contributed by atoms with Crippen LogP contribution in [0.25, 0.3) is 11.1 Å². The van der Waals surface area contributed by atoms with Gasteiger partial charge in [0.25, 0.3) is 0 Å². The summed E-state index contributed by atoms with van der Waals surface area (Å²) in [6.07, 6.45) is 3.65. The Labute approximate surface area is 113 Å². The molecule has 0 amide bonds. The zero-order chi connectivity index (χ0) is 13.7. The van der Waals surface area contributed by atoms with Gasteiger partial charge in [0.15, 0.2) is 0 Å². The zero-order valence-corrected chi connectivity index (χ0v) is 11.2. The predicted octanol–water partition coefficient (Wildman–Crippen LogP) is 2.99. The van der Waals surface area contributed by atoms with Gasteiger partial charge in [-0.05, 0) is 24.5 Å². The summed E-state index contributed by atoms with van der Waals surface area (Å²) in [7, 11) is 0. The number of aliphatic hydroxyl groups is 1. The van der Waals surface area contributed by atoms with E-state index in [4.69, 9.17) is 4.74 Å². The molecule has 1 N–H and O–H groups in total. The molecule has 4 heteroatoms. The lowest BCUT2D eigenvalue weighted by molar-refractivity contribution is 0.174. The van der Waals surface area contributed by atoms with Crippen LogP contribution in [0.15, 0.2) is 36.7 Å². The maximum atomic E-state index is 10.0. The number of rotatable bonds is 5. The lowest BCUT2D eigenvalue weighted by atomic mass is 9.97. The van der Waals surface area contributed by atoms with E-state index in [-0.39, 0.29) is 0 Å². The van der Waals surface area contributed by atoms with Gasteiger partial charge in [0, 0.05) is 18.0 Å². The van der Waals surface area contributed by atoms with Crippen molar-refractivity contribution in [1.29, 1.82) is 0 Å². The molecular weight excluding hydrogens is 240 g/mol. The summed E-state index contributed by atoms with van der Waals surface area (Å²) in [5, 5.41) is 10.0. The van der Waals surface area contributed by atoms with E-state index >= 15 is 0 Å². The quantitative estimate of drug-likeness (QED) is 0.895. The van der Waals surface area contributed by atoms with Crippen molar-refractivity contribution < 1.29 is 9.84 Å². The third-order valence-corrected chi connectivity index (χ3v) is 2.92. The number of hydrogen-bond donors (Lipinski definition) is 1. The van der Waals surface area contributed by atoms with Crippen LogP contribution in [-0.2, 0) is 0 Å². The second-order valence-electron chi connectivity index (χ2n) is 4.20. The minimum atomic E-state index is -0.470. The van der Waals surface area contributed by atoms with Crippen LogP contribution in [0.5, 0.6) is 6.01 Å². The molecule has 1 aromatic carbocycles. The molecule has 0 saturated heterocycles. The van der Waals surface area contributed by atoms with Gasteiger partial charge >= 0.3 is 6.01 Å².